The minimum absolute atomic E-state index is 0. The number of rotatable bonds is 0. The molecule has 0 heterocycles. The van der Waals surface area contributed by atoms with Crippen molar-refractivity contribution in [1.82, 2.24) is 0 Å². The van der Waals surface area contributed by atoms with E-state index in [0.29, 0.717) is 0 Å². The van der Waals surface area contributed by atoms with Crippen molar-refractivity contribution in [3.8, 4) is 0 Å². The van der Waals surface area contributed by atoms with Crippen molar-refractivity contribution in [2.24, 2.45) is 0 Å². The first-order valence-electron chi connectivity index (χ1n) is 1.00. The van der Waals surface area contributed by atoms with Crippen LogP contribution in [0.3, 0.4) is 0 Å². The second-order valence-electron chi connectivity index (χ2n) is 0. The Labute approximate surface area is 88.3 Å². The Kier molecular flexibility index (Phi) is 329. The Morgan fingerprint density at radius 2 is 1.17 bits per heavy atom. The second kappa shape index (κ2) is 50.7. The van der Waals surface area contributed by atoms with Gasteiger partial charge >= 0.3 is 0 Å². The van der Waals surface area contributed by atoms with Crippen molar-refractivity contribution in [3.63, 3.8) is 0 Å². The van der Waals surface area contributed by atoms with Gasteiger partial charge in [-0.1, -0.05) is 0 Å². The molecule has 0 aromatic rings. The number of hydrogen-bond acceptors (Lipinski definition) is 0. The van der Waals surface area contributed by atoms with Gasteiger partial charge in [-0.25, -0.2) is 0 Å². The molecule has 0 rings (SSSR count). The Bertz CT molecular complexity index is 15.5. The zero-order chi connectivity index (χ0) is 2.00. The predicted octanol–water partition coefficient (Wildman–Crippen LogP) is -2.11. The van der Waals surface area contributed by atoms with Crippen LogP contribution in [-0.2, 0) is 71.7 Å². The van der Waals surface area contributed by atoms with E-state index in [1.807, 2.05) is 0 Å². The smallest absolute Gasteiger partial charge is 0.0304 e. The summed E-state index contributed by atoms with van der Waals surface area (Å²) in [4.78, 5) is 0. The van der Waals surface area contributed by atoms with Crippen LogP contribution in [0.1, 0.15) is 0 Å². The average molecular weight is 397 g/mol. The molecule has 0 aliphatic rings. The third kappa shape index (κ3) is 31.4. The first kappa shape index (κ1) is 39.0. The quantitative estimate of drug-likeness (QED) is 0.411. The normalized spacial score (nSPS) is 1.33. The molecule has 0 aromatic carbocycles. The van der Waals surface area contributed by atoms with E-state index in [-0.39, 0.29) is 71.7 Å². The van der Waals surface area contributed by atoms with Crippen molar-refractivity contribution in [2.75, 3.05) is 0 Å². The van der Waals surface area contributed by atoms with E-state index in [9.17, 15) is 0 Å². The summed E-state index contributed by atoms with van der Waals surface area (Å²) in [6.07, 6.45) is 0. The maximum absolute atomic E-state index is 2.14. The summed E-state index contributed by atoms with van der Waals surface area (Å²) in [5.74, 6) is 0. The standard InChI is InChI=1S/BH5Si.Co.Cr.Ni.W/c1-2;;;;/h1H2,2H3;;;;. The van der Waals surface area contributed by atoms with Crippen LogP contribution in [0.4, 0.5) is 0 Å². The molecule has 0 saturated carbocycles. The third-order valence-electron chi connectivity index (χ3n) is 0. The molecule has 0 aliphatic carbocycles. The van der Waals surface area contributed by atoms with Crippen molar-refractivity contribution in [1.29, 1.82) is 0 Å². The fourth-order valence-corrected chi connectivity index (χ4v) is 0. The Balaban J connectivity index is -0.000000000833. The van der Waals surface area contributed by atoms with Gasteiger partial charge in [0, 0.05) is 71.7 Å². The van der Waals surface area contributed by atoms with E-state index < -0.39 is 0 Å². The third-order valence-corrected chi connectivity index (χ3v) is 0. The Hall–Kier alpha value is 2.50. The molecule has 0 fully saturated rings. The van der Waals surface area contributed by atoms with Gasteiger partial charge < -0.3 is 0 Å². The van der Waals surface area contributed by atoms with Gasteiger partial charge in [0.15, 0.2) is 0 Å². The zero-order valence-corrected chi connectivity index (χ0v) is 11.7. The molecule has 0 saturated heterocycles. The largest absolute Gasteiger partial charge is 0.0852 e. The number of hydrogen-bond donors (Lipinski definition) is 0. The van der Waals surface area contributed by atoms with Crippen LogP contribution in [0.25, 0.3) is 0 Å². The van der Waals surface area contributed by atoms with Gasteiger partial charge in [-0.05, 0) is 10.1 Å². The fourth-order valence-electron chi connectivity index (χ4n) is 0. The van der Waals surface area contributed by atoms with Crippen molar-refractivity contribution < 1.29 is 71.7 Å². The molecule has 0 bridgehead atoms. The van der Waals surface area contributed by atoms with Gasteiger partial charge in [0.2, 0.25) is 0 Å². The summed E-state index contributed by atoms with van der Waals surface area (Å²) in [7, 11) is 3.44. The van der Waals surface area contributed by atoms with Crippen LogP contribution < -0.4 is 0 Å². The molecule has 0 N–H and O–H groups in total. The topological polar surface area (TPSA) is 0 Å². The summed E-state index contributed by atoms with van der Waals surface area (Å²) in [6, 6.07) is 0. The first-order valence-corrected chi connectivity index (χ1v) is 3.00. The predicted molar refractivity (Wildman–Crippen MR) is 18.5 cm³/mol. The summed E-state index contributed by atoms with van der Waals surface area (Å²) >= 11 is 0. The molecular weight excluding hydrogens is 392 g/mol. The molecule has 0 spiro atoms. The van der Waals surface area contributed by atoms with Crippen LogP contribution in [0, 0.1) is 0 Å². The second-order valence-corrected chi connectivity index (χ2v) is 0. The van der Waals surface area contributed by atoms with Crippen molar-refractivity contribution in [3.05, 3.63) is 0 Å². The van der Waals surface area contributed by atoms with Crippen LogP contribution >= 0.6 is 0 Å². The summed E-state index contributed by atoms with van der Waals surface area (Å²) in [6.45, 7) is 0. The van der Waals surface area contributed by atoms with E-state index in [1.165, 1.54) is 10.1 Å². The molecule has 6 heavy (non-hydrogen) atoms. The summed E-state index contributed by atoms with van der Waals surface area (Å²) < 4.78 is 0. The Morgan fingerprint density at radius 3 is 1.17 bits per heavy atom. The molecule has 1 radical (unpaired) electrons. The minimum Gasteiger partial charge on any atom is -0.0304 e. The summed E-state index contributed by atoms with van der Waals surface area (Å²) in [5, 5.41) is 0. The SMILES string of the molecule is B[SiH3].[Co].[Cr].[Ni].[W]. The molecular formula is H5BCoCrNiSiW. The van der Waals surface area contributed by atoms with Gasteiger partial charge in [-0.3, -0.25) is 0 Å². The van der Waals surface area contributed by atoms with Crippen LogP contribution in [-0.4, -0.2) is 17.6 Å². The van der Waals surface area contributed by atoms with Gasteiger partial charge in [0.05, 0.1) is 7.44 Å². The van der Waals surface area contributed by atoms with Crippen LogP contribution in [0.15, 0.2) is 0 Å². The van der Waals surface area contributed by atoms with Crippen molar-refractivity contribution in [2.45, 2.75) is 0 Å². The van der Waals surface area contributed by atoms with Gasteiger partial charge in [0.25, 0.3) is 0 Å². The van der Waals surface area contributed by atoms with Gasteiger partial charge in [-0.2, -0.15) is 0 Å². The van der Waals surface area contributed by atoms with E-state index in [4.69, 9.17) is 0 Å². The molecule has 43 valence electrons. The summed E-state index contributed by atoms with van der Waals surface area (Å²) in [5.41, 5.74) is 0. The van der Waals surface area contributed by atoms with E-state index in [1.54, 1.807) is 0 Å². The van der Waals surface area contributed by atoms with Gasteiger partial charge in [-0.15, -0.1) is 0 Å². The minimum atomic E-state index is 0. The first-order chi connectivity index (χ1) is 1.00. The van der Waals surface area contributed by atoms with E-state index in [0.717, 1.165) is 0 Å². The zero-order valence-electron chi connectivity index (χ0n) is 3.47. The molecule has 0 amide bonds. The van der Waals surface area contributed by atoms with Crippen molar-refractivity contribution >= 4 is 17.6 Å². The van der Waals surface area contributed by atoms with Crippen LogP contribution in [0.2, 0.25) is 0 Å². The van der Waals surface area contributed by atoms with Crippen LogP contribution in [0.5, 0.6) is 0 Å². The maximum Gasteiger partial charge on any atom is 0.0852 e. The molecule has 0 aliphatic heterocycles. The van der Waals surface area contributed by atoms with E-state index in [2.05, 4.69) is 7.44 Å². The molecule has 0 nitrogen and oxygen atoms in total. The maximum atomic E-state index is 2.14. The average Bonchev–Trinajstić information content (AvgIpc) is 1.00. The molecule has 6 heteroatoms. The van der Waals surface area contributed by atoms with E-state index >= 15 is 0 Å². The fraction of sp³-hybridized carbons (Fsp3) is 0. The molecule has 0 atom stereocenters. The molecule has 0 aromatic heterocycles. The molecule has 0 unspecified atom stereocenters. The van der Waals surface area contributed by atoms with Gasteiger partial charge in [0.1, 0.15) is 0 Å². The monoisotopic (exact) mass is 397 g/mol. The Morgan fingerprint density at radius 1 is 1.17 bits per heavy atom.